The maximum Gasteiger partial charge on any atom is 0.346 e. The van der Waals surface area contributed by atoms with Gasteiger partial charge in [0.2, 0.25) is 10.0 Å². The molecule has 6 nitrogen and oxygen atoms in total. The summed E-state index contributed by atoms with van der Waals surface area (Å²) in [6, 6.07) is 1.38. The van der Waals surface area contributed by atoms with E-state index in [1.807, 2.05) is 0 Å². The molecular formula is C13H19NO5S2. The highest BCUT2D eigenvalue weighted by atomic mass is 32.2. The van der Waals surface area contributed by atoms with Gasteiger partial charge in [-0.15, -0.1) is 11.3 Å². The fourth-order valence-corrected chi connectivity index (χ4v) is 4.76. The van der Waals surface area contributed by atoms with Crippen LogP contribution in [-0.2, 0) is 14.8 Å². The van der Waals surface area contributed by atoms with Gasteiger partial charge in [0.05, 0.1) is 12.7 Å². The van der Waals surface area contributed by atoms with E-state index >= 15 is 0 Å². The van der Waals surface area contributed by atoms with E-state index in [9.17, 15) is 13.2 Å². The van der Waals surface area contributed by atoms with Crippen molar-refractivity contribution in [1.82, 2.24) is 4.72 Å². The number of hydrogen-bond donors (Lipinski definition) is 2. The summed E-state index contributed by atoms with van der Waals surface area (Å²) in [5, 5.41) is 8.96. The van der Waals surface area contributed by atoms with Crippen LogP contribution in [0.2, 0.25) is 0 Å². The molecule has 8 heteroatoms. The van der Waals surface area contributed by atoms with E-state index in [0.29, 0.717) is 12.2 Å². The normalized spacial score (nSPS) is 16.4. The van der Waals surface area contributed by atoms with Crippen LogP contribution in [0.5, 0.6) is 0 Å². The van der Waals surface area contributed by atoms with Gasteiger partial charge < -0.3 is 9.84 Å². The average Bonchev–Trinajstić information content (AvgIpc) is 3.04. The molecule has 0 radical (unpaired) electrons. The molecule has 0 saturated heterocycles. The van der Waals surface area contributed by atoms with Crippen molar-refractivity contribution in [1.29, 1.82) is 0 Å². The fraction of sp³-hybridized carbons (Fsp3) is 0.615. The zero-order chi connectivity index (χ0) is 15.5. The summed E-state index contributed by atoms with van der Waals surface area (Å²) < 4.78 is 32.2. The minimum Gasteiger partial charge on any atom is -0.477 e. The van der Waals surface area contributed by atoms with Crippen LogP contribution in [0.1, 0.15) is 40.9 Å². The van der Waals surface area contributed by atoms with Gasteiger partial charge in [-0.3, -0.25) is 0 Å². The van der Waals surface area contributed by atoms with Crippen molar-refractivity contribution in [3.63, 3.8) is 0 Å². The number of ether oxygens (including phenoxy) is 1. The number of rotatable bonds is 7. The van der Waals surface area contributed by atoms with Crippen molar-refractivity contribution in [3.8, 4) is 0 Å². The summed E-state index contributed by atoms with van der Waals surface area (Å²) in [5.74, 6) is -1.11. The Kier molecular flexibility index (Phi) is 5.37. The molecule has 1 aliphatic carbocycles. The maximum absolute atomic E-state index is 12.1. The topological polar surface area (TPSA) is 92.7 Å². The van der Waals surface area contributed by atoms with Gasteiger partial charge >= 0.3 is 5.97 Å². The average molecular weight is 333 g/mol. The van der Waals surface area contributed by atoms with Crippen LogP contribution in [0.3, 0.4) is 0 Å². The zero-order valence-corrected chi connectivity index (χ0v) is 13.4. The van der Waals surface area contributed by atoms with Gasteiger partial charge in [-0.25, -0.2) is 17.9 Å². The number of aromatic carboxylic acids is 1. The van der Waals surface area contributed by atoms with Gasteiger partial charge in [0.1, 0.15) is 9.09 Å². The second-order valence-corrected chi connectivity index (χ2v) is 8.10. The quantitative estimate of drug-likeness (QED) is 0.745. The lowest BCUT2D eigenvalue weighted by atomic mass is 10.3. The SMILES string of the molecule is Cc1cc(S(=O)(=O)NCCOC2CCCC2)sc1C(=O)O. The summed E-state index contributed by atoms with van der Waals surface area (Å²) in [6.45, 7) is 2.11. The minimum absolute atomic E-state index is 0.0262. The first-order chi connectivity index (χ1) is 9.90. The largest absolute Gasteiger partial charge is 0.477 e. The lowest BCUT2D eigenvalue weighted by molar-refractivity contribution is 0.0626. The summed E-state index contributed by atoms with van der Waals surface area (Å²) in [7, 11) is -3.67. The Morgan fingerprint density at radius 1 is 1.48 bits per heavy atom. The van der Waals surface area contributed by atoms with E-state index in [1.165, 1.54) is 18.9 Å². The summed E-state index contributed by atoms with van der Waals surface area (Å²) >= 11 is 0.767. The van der Waals surface area contributed by atoms with Crippen LogP contribution in [0.25, 0.3) is 0 Å². The molecule has 0 atom stereocenters. The van der Waals surface area contributed by atoms with Crippen molar-refractivity contribution < 1.29 is 23.1 Å². The Bertz CT molecular complexity index is 602. The molecular weight excluding hydrogens is 314 g/mol. The second-order valence-electron chi connectivity index (χ2n) is 5.06. The predicted molar refractivity (Wildman–Crippen MR) is 79.4 cm³/mol. The molecule has 1 aliphatic rings. The van der Waals surface area contributed by atoms with Gasteiger partial charge in [0, 0.05) is 6.54 Å². The highest BCUT2D eigenvalue weighted by Gasteiger charge is 2.21. The van der Waals surface area contributed by atoms with Gasteiger partial charge in [0.25, 0.3) is 0 Å². The van der Waals surface area contributed by atoms with Crippen LogP contribution in [-0.4, -0.2) is 38.7 Å². The monoisotopic (exact) mass is 333 g/mol. The number of carboxylic acid groups (broad SMARTS) is 1. The first kappa shape index (κ1) is 16.4. The molecule has 0 bridgehead atoms. The molecule has 1 saturated carbocycles. The van der Waals surface area contributed by atoms with Crippen molar-refractivity contribution >= 4 is 27.3 Å². The van der Waals surface area contributed by atoms with E-state index in [-0.39, 0.29) is 21.7 Å². The van der Waals surface area contributed by atoms with E-state index in [2.05, 4.69) is 4.72 Å². The number of thiophene rings is 1. The van der Waals surface area contributed by atoms with E-state index in [0.717, 1.165) is 24.2 Å². The van der Waals surface area contributed by atoms with Crippen molar-refractivity contribution in [2.45, 2.75) is 42.9 Å². The minimum atomic E-state index is -3.67. The lowest BCUT2D eigenvalue weighted by Crippen LogP contribution is -2.28. The number of carboxylic acids is 1. The van der Waals surface area contributed by atoms with Crippen molar-refractivity contribution in [3.05, 3.63) is 16.5 Å². The smallest absolute Gasteiger partial charge is 0.346 e. The number of carbonyl (C=O) groups is 1. The number of aryl methyl sites for hydroxylation is 1. The Balaban J connectivity index is 1.89. The molecule has 2 N–H and O–H groups in total. The van der Waals surface area contributed by atoms with Crippen molar-refractivity contribution in [2.75, 3.05) is 13.2 Å². The third kappa shape index (κ3) is 4.26. The third-order valence-electron chi connectivity index (χ3n) is 3.40. The molecule has 2 rings (SSSR count). The zero-order valence-electron chi connectivity index (χ0n) is 11.8. The highest BCUT2D eigenvalue weighted by molar-refractivity contribution is 7.91. The first-order valence-corrected chi connectivity index (χ1v) is 9.15. The molecule has 21 heavy (non-hydrogen) atoms. The first-order valence-electron chi connectivity index (χ1n) is 6.85. The van der Waals surface area contributed by atoms with Crippen LogP contribution in [0.4, 0.5) is 0 Å². The number of sulfonamides is 1. The highest BCUT2D eigenvalue weighted by Crippen LogP contribution is 2.25. The third-order valence-corrected chi connectivity index (χ3v) is 6.56. The second kappa shape index (κ2) is 6.87. The number of nitrogens with one attached hydrogen (secondary N) is 1. The molecule has 0 aromatic carbocycles. The van der Waals surface area contributed by atoms with Crippen LogP contribution in [0.15, 0.2) is 10.3 Å². The summed E-state index contributed by atoms with van der Waals surface area (Å²) in [6.07, 6.45) is 4.67. The predicted octanol–water partition coefficient (Wildman–Crippen LogP) is 1.99. The molecule has 0 aliphatic heterocycles. The van der Waals surface area contributed by atoms with Gasteiger partial charge in [-0.1, -0.05) is 12.8 Å². The Hall–Kier alpha value is -0.960. The lowest BCUT2D eigenvalue weighted by Gasteiger charge is -2.11. The van der Waals surface area contributed by atoms with Gasteiger partial charge in [0.15, 0.2) is 0 Å². The van der Waals surface area contributed by atoms with Gasteiger partial charge in [-0.2, -0.15) is 0 Å². The van der Waals surface area contributed by atoms with E-state index < -0.39 is 16.0 Å². The van der Waals surface area contributed by atoms with E-state index in [4.69, 9.17) is 9.84 Å². The van der Waals surface area contributed by atoms with Crippen molar-refractivity contribution in [2.24, 2.45) is 0 Å². The fourth-order valence-electron chi connectivity index (χ4n) is 2.33. The Labute approximate surface area is 128 Å². The Morgan fingerprint density at radius 2 is 2.14 bits per heavy atom. The molecule has 0 amide bonds. The molecule has 1 heterocycles. The standard InChI is InChI=1S/C13H19NO5S2/c1-9-8-11(20-12(9)13(15)16)21(17,18)14-6-7-19-10-4-2-3-5-10/h8,10,14H,2-7H2,1H3,(H,15,16). The summed E-state index contributed by atoms with van der Waals surface area (Å²) in [4.78, 5) is 11.0. The molecule has 0 spiro atoms. The summed E-state index contributed by atoms with van der Waals surface area (Å²) in [5.41, 5.74) is 0.454. The maximum atomic E-state index is 12.1. The molecule has 1 fully saturated rings. The van der Waals surface area contributed by atoms with Crippen LogP contribution < -0.4 is 4.72 Å². The molecule has 1 aromatic heterocycles. The van der Waals surface area contributed by atoms with Gasteiger partial charge in [-0.05, 0) is 31.4 Å². The molecule has 0 unspecified atom stereocenters. The molecule has 1 aromatic rings. The Morgan fingerprint density at radius 3 is 2.71 bits per heavy atom. The molecule has 118 valence electrons. The van der Waals surface area contributed by atoms with Crippen LogP contribution in [0, 0.1) is 6.92 Å². The van der Waals surface area contributed by atoms with E-state index in [1.54, 1.807) is 6.92 Å². The number of hydrogen-bond acceptors (Lipinski definition) is 5. The van der Waals surface area contributed by atoms with Crippen LogP contribution >= 0.6 is 11.3 Å².